The monoisotopic (exact) mass is 500 g/mol. The maximum Gasteiger partial charge on any atom is 0.340 e. The van der Waals surface area contributed by atoms with Crippen LogP contribution >= 0.6 is 0 Å². The highest BCUT2D eigenvalue weighted by Gasteiger charge is 2.56. The van der Waals surface area contributed by atoms with Gasteiger partial charge in [0.15, 0.2) is 6.67 Å². The van der Waals surface area contributed by atoms with Crippen LogP contribution in [0.25, 0.3) is 4.89 Å². The first kappa shape index (κ1) is 27.0. The van der Waals surface area contributed by atoms with Crippen LogP contribution in [0, 0.1) is 0 Å². The van der Waals surface area contributed by atoms with E-state index in [0.29, 0.717) is 12.8 Å². The largest absolute Gasteiger partial charge is 0.408 e. The summed E-state index contributed by atoms with van der Waals surface area (Å²) in [4.78, 5) is 3.33. The zero-order chi connectivity index (χ0) is 23.1. The highest BCUT2D eigenvalue weighted by Crippen LogP contribution is 2.36. The van der Waals surface area contributed by atoms with E-state index < -0.39 is 59.7 Å². The molecular formula is C17H27F5NO6S2-. The zero-order valence-electron chi connectivity index (χ0n) is 17.0. The first-order valence-corrected chi connectivity index (χ1v) is 12.1. The van der Waals surface area contributed by atoms with E-state index in [4.69, 9.17) is 17.9 Å². The maximum atomic E-state index is 13.3. The summed E-state index contributed by atoms with van der Waals surface area (Å²) in [5.74, 6) is -9.39. The number of alkyl halides is 5. The van der Waals surface area contributed by atoms with Crippen molar-refractivity contribution in [2.24, 2.45) is 0 Å². The molecule has 7 nitrogen and oxygen atoms in total. The fraction of sp³-hybridized carbons (Fsp3) is 1.00. The van der Waals surface area contributed by atoms with Crippen LogP contribution in [0.4, 0.5) is 22.0 Å². The molecule has 2 saturated carbocycles. The summed E-state index contributed by atoms with van der Waals surface area (Å²) >= 11 is -3.96. The van der Waals surface area contributed by atoms with Crippen molar-refractivity contribution >= 4 is 22.3 Å². The van der Waals surface area contributed by atoms with Gasteiger partial charge in [0, 0.05) is 7.11 Å². The van der Waals surface area contributed by atoms with Crippen LogP contribution in [0.15, 0.2) is 0 Å². The van der Waals surface area contributed by atoms with Gasteiger partial charge < -0.3 is 22.8 Å². The molecule has 0 aliphatic heterocycles. The van der Waals surface area contributed by atoms with Crippen LogP contribution in [0.1, 0.15) is 51.4 Å². The van der Waals surface area contributed by atoms with Crippen LogP contribution in [0.3, 0.4) is 0 Å². The molecule has 2 atom stereocenters. The first-order chi connectivity index (χ1) is 14.6. The van der Waals surface area contributed by atoms with Crippen LogP contribution < -0.4 is 0 Å². The lowest BCUT2D eigenvalue weighted by Gasteiger charge is -2.32. The second-order valence-corrected chi connectivity index (χ2v) is 9.72. The van der Waals surface area contributed by atoms with Gasteiger partial charge in [-0.15, -0.1) is 0 Å². The van der Waals surface area contributed by atoms with Gasteiger partial charge in [0.05, 0.1) is 34.8 Å². The second kappa shape index (κ2) is 12.3. The first-order valence-electron chi connectivity index (χ1n) is 9.92. The normalized spacial score (nSPS) is 30.1. The lowest BCUT2D eigenvalue weighted by atomic mass is 9.95. The van der Waals surface area contributed by atoms with Crippen molar-refractivity contribution in [2.45, 2.75) is 86.8 Å². The van der Waals surface area contributed by atoms with E-state index in [0.717, 1.165) is 12.8 Å². The predicted octanol–water partition coefficient (Wildman–Crippen LogP) is 4.08. The molecule has 184 valence electrons. The van der Waals surface area contributed by atoms with Gasteiger partial charge in [0.25, 0.3) is 0 Å². The summed E-state index contributed by atoms with van der Waals surface area (Å²) in [6, 6.07) is 0. The van der Waals surface area contributed by atoms with Crippen molar-refractivity contribution in [2.75, 3.05) is 20.4 Å². The molecule has 0 heterocycles. The highest BCUT2D eigenvalue weighted by atomic mass is 32.2. The fourth-order valence-electron chi connectivity index (χ4n) is 3.43. The van der Waals surface area contributed by atoms with Crippen molar-refractivity contribution in [3.05, 3.63) is 4.89 Å². The van der Waals surface area contributed by atoms with E-state index in [-0.39, 0.29) is 37.0 Å². The topological polar surface area (TPSA) is 85.2 Å². The second-order valence-electron chi connectivity index (χ2n) is 7.61. The number of nitrogens with zero attached hydrogens (tertiary/aromatic N) is 1. The Bertz CT molecular complexity index is 602. The Hall–Kier alpha value is -0.250. The SMILES string of the molecule is COC1CCC(S(=O)O[N-]S(=O)OC2CCC(OCC(F)(F)C(F)(F)CF)CC2)CC1. The summed E-state index contributed by atoms with van der Waals surface area (Å²) in [5, 5.41) is -0.234. The molecule has 2 fully saturated rings. The van der Waals surface area contributed by atoms with Crippen molar-refractivity contribution in [3.63, 3.8) is 0 Å². The number of hydrogen-bond acceptors (Lipinski definition) is 6. The van der Waals surface area contributed by atoms with Gasteiger partial charge in [-0.3, -0.25) is 4.21 Å². The third-order valence-corrected chi connectivity index (χ3v) is 7.40. The maximum absolute atomic E-state index is 13.3. The highest BCUT2D eigenvalue weighted by molar-refractivity contribution is 7.85. The molecule has 2 aliphatic carbocycles. The minimum Gasteiger partial charge on any atom is -0.408 e. The molecule has 2 aliphatic rings. The minimum absolute atomic E-state index is 0.133. The van der Waals surface area contributed by atoms with Crippen molar-refractivity contribution < 1.29 is 48.3 Å². The molecule has 0 aromatic rings. The molecule has 0 N–H and O–H groups in total. The van der Waals surface area contributed by atoms with E-state index in [9.17, 15) is 30.4 Å². The number of hydrogen-bond donors (Lipinski definition) is 0. The van der Waals surface area contributed by atoms with Crippen molar-refractivity contribution in [1.29, 1.82) is 0 Å². The van der Waals surface area contributed by atoms with Gasteiger partial charge in [-0.2, -0.15) is 17.6 Å². The van der Waals surface area contributed by atoms with E-state index in [2.05, 4.69) is 4.89 Å². The number of halogens is 5. The molecular weight excluding hydrogens is 473 g/mol. The van der Waals surface area contributed by atoms with Crippen molar-refractivity contribution in [1.82, 2.24) is 0 Å². The summed E-state index contributed by atoms with van der Waals surface area (Å²) in [5.41, 5.74) is 0. The quantitative estimate of drug-likeness (QED) is 0.297. The molecule has 2 rings (SSSR count). The molecule has 0 spiro atoms. The summed E-state index contributed by atoms with van der Waals surface area (Å²) in [6.07, 6.45) is 2.57. The lowest BCUT2D eigenvalue weighted by molar-refractivity contribution is -0.244. The lowest BCUT2D eigenvalue weighted by Crippen LogP contribution is -2.47. The van der Waals surface area contributed by atoms with E-state index in [1.807, 2.05) is 0 Å². The van der Waals surface area contributed by atoms with Gasteiger partial charge in [-0.25, -0.2) is 8.60 Å². The van der Waals surface area contributed by atoms with Gasteiger partial charge in [0.1, 0.15) is 17.7 Å². The van der Waals surface area contributed by atoms with Crippen LogP contribution in [-0.2, 0) is 40.3 Å². The Labute approximate surface area is 183 Å². The Kier molecular flexibility index (Phi) is 10.7. The van der Waals surface area contributed by atoms with Gasteiger partial charge in [-0.05, 0) is 51.4 Å². The van der Waals surface area contributed by atoms with Crippen LogP contribution in [0.5, 0.6) is 0 Å². The molecule has 2 unspecified atom stereocenters. The summed E-state index contributed by atoms with van der Waals surface area (Å²) in [7, 11) is 1.62. The third kappa shape index (κ3) is 8.23. The number of ether oxygens (including phenoxy) is 2. The minimum atomic E-state index is -4.78. The average Bonchev–Trinajstić information content (AvgIpc) is 2.77. The Morgan fingerprint density at radius 1 is 0.871 bits per heavy atom. The molecule has 0 bridgehead atoms. The third-order valence-electron chi connectivity index (χ3n) is 5.43. The van der Waals surface area contributed by atoms with E-state index >= 15 is 0 Å². The molecule has 0 aromatic carbocycles. The van der Waals surface area contributed by atoms with Crippen LogP contribution in [-0.4, -0.2) is 64.2 Å². The predicted molar refractivity (Wildman–Crippen MR) is 103 cm³/mol. The standard InChI is InChI=1S/C17H27F5NO6S2/c1-26-12-6-8-15(9-7-12)30(24)29-23-31(25)28-14-4-2-13(3-5-14)27-11-17(21,22)16(19,20)10-18/h12-15H,2-11H2,1H3/q-1. The fourth-order valence-corrected chi connectivity index (χ4v) is 5.11. The molecule has 31 heavy (non-hydrogen) atoms. The van der Waals surface area contributed by atoms with Crippen LogP contribution in [0.2, 0.25) is 0 Å². The zero-order valence-corrected chi connectivity index (χ0v) is 18.6. The molecule has 14 heteroatoms. The molecule has 0 saturated heterocycles. The molecule has 0 radical (unpaired) electrons. The Balaban J connectivity index is 1.63. The van der Waals surface area contributed by atoms with Crippen molar-refractivity contribution in [3.8, 4) is 0 Å². The average molecular weight is 501 g/mol. The molecule has 0 aromatic heterocycles. The van der Waals surface area contributed by atoms with Gasteiger partial charge in [0.2, 0.25) is 0 Å². The van der Waals surface area contributed by atoms with Gasteiger partial charge >= 0.3 is 11.8 Å². The summed E-state index contributed by atoms with van der Waals surface area (Å²) < 4.78 is 108. The Morgan fingerprint density at radius 2 is 1.42 bits per heavy atom. The van der Waals surface area contributed by atoms with Gasteiger partial charge in [-0.1, -0.05) is 0 Å². The molecule has 0 amide bonds. The van der Waals surface area contributed by atoms with E-state index in [1.165, 1.54) is 0 Å². The Morgan fingerprint density at radius 3 is 1.97 bits per heavy atom. The smallest absolute Gasteiger partial charge is 0.340 e. The number of methoxy groups -OCH3 is 1. The van der Waals surface area contributed by atoms with E-state index in [1.54, 1.807) is 7.11 Å². The summed E-state index contributed by atoms with van der Waals surface area (Å²) in [6.45, 7) is -4.06. The number of rotatable bonds is 12.